The number of fused-ring (bicyclic) bond motifs is 5. The summed E-state index contributed by atoms with van der Waals surface area (Å²) in [5.41, 5.74) is 1.88. The molecule has 0 aliphatic heterocycles. The number of hydrogen-bond donors (Lipinski definition) is 1. The summed E-state index contributed by atoms with van der Waals surface area (Å²) in [4.78, 5) is 11.4. The topological polar surface area (TPSA) is 46.5 Å². The van der Waals surface area contributed by atoms with E-state index in [1.807, 2.05) is 13.8 Å². The maximum Gasteiger partial charge on any atom is 0.302 e. The minimum absolute atomic E-state index is 0.0962. The first-order chi connectivity index (χ1) is 14.0. The maximum atomic E-state index is 11.4. The Hall–Kier alpha value is -0.830. The predicted molar refractivity (Wildman–Crippen MR) is 121 cm³/mol. The number of hydrogen-bond acceptors (Lipinski definition) is 3. The van der Waals surface area contributed by atoms with E-state index in [4.69, 9.17) is 4.74 Å². The van der Waals surface area contributed by atoms with Gasteiger partial charge in [0.2, 0.25) is 0 Å². The molecule has 3 heteroatoms. The van der Waals surface area contributed by atoms with Gasteiger partial charge in [-0.2, -0.15) is 0 Å². The zero-order chi connectivity index (χ0) is 21.7. The van der Waals surface area contributed by atoms with Crippen molar-refractivity contribution < 1.29 is 14.6 Å². The van der Waals surface area contributed by atoms with E-state index < -0.39 is 5.60 Å². The van der Waals surface area contributed by atoms with Crippen molar-refractivity contribution in [2.45, 2.75) is 117 Å². The molecule has 0 radical (unpaired) electrons. The lowest BCUT2D eigenvalue weighted by atomic mass is 9.47. The fraction of sp³-hybridized carbons (Fsp3) is 0.889. The van der Waals surface area contributed by atoms with Crippen LogP contribution in [0.15, 0.2) is 11.6 Å². The molecule has 3 unspecified atom stereocenters. The van der Waals surface area contributed by atoms with Crippen molar-refractivity contribution in [1.29, 1.82) is 0 Å². The molecule has 4 rings (SSSR count). The smallest absolute Gasteiger partial charge is 0.302 e. The van der Waals surface area contributed by atoms with Crippen molar-refractivity contribution in [2.24, 2.45) is 34.5 Å². The van der Waals surface area contributed by atoms with Gasteiger partial charge in [0, 0.05) is 13.3 Å². The van der Waals surface area contributed by atoms with Crippen LogP contribution in [0.2, 0.25) is 0 Å². The molecule has 3 saturated carbocycles. The third-order valence-electron chi connectivity index (χ3n) is 9.93. The highest BCUT2D eigenvalue weighted by Crippen LogP contribution is 2.66. The summed E-state index contributed by atoms with van der Waals surface area (Å²) in [5, 5.41) is 10.1. The van der Waals surface area contributed by atoms with E-state index in [0.717, 1.165) is 49.4 Å². The lowest BCUT2D eigenvalue weighted by Gasteiger charge is -2.58. The van der Waals surface area contributed by atoms with Crippen LogP contribution in [0.3, 0.4) is 0 Å². The molecule has 30 heavy (non-hydrogen) atoms. The summed E-state index contributed by atoms with van der Waals surface area (Å²) in [6.07, 6.45) is 16.0. The fourth-order valence-electron chi connectivity index (χ4n) is 8.33. The summed E-state index contributed by atoms with van der Waals surface area (Å²) >= 11 is 0. The number of allylic oxidation sites excluding steroid dienone is 1. The number of ether oxygens (including phenoxy) is 1. The van der Waals surface area contributed by atoms with E-state index >= 15 is 0 Å². The van der Waals surface area contributed by atoms with Crippen LogP contribution in [0, 0.1) is 34.5 Å². The third kappa shape index (κ3) is 4.00. The monoisotopic (exact) mass is 416 g/mol. The van der Waals surface area contributed by atoms with Crippen LogP contribution in [-0.4, -0.2) is 22.8 Å². The van der Waals surface area contributed by atoms with Gasteiger partial charge in [0.05, 0.1) is 5.60 Å². The molecule has 0 heterocycles. The predicted octanol–water partition coefficient (Wildman–Crippen LogP) is 6.44. The molecule has 0 aromatic heterocycles. The number of esters is 1. The normalized spacial score (nSPS) is 43.3. The van der Waals surface area contributed by atoms with Gasteiger partial charge in [0.25, 0.3) is 0 Å². The minimum atomic E-state index is -0.527. The Labute approximate surface area is 184 Å². The molecule has 3 nitrogen and oxygen atoms in total. The van der Waals surface area contributed by atoms with Crippen molar-refractivity contribution in [2.75, 3.05) is 0 Å². The number of carbonyl (C=O) groups is 1. The molecule has 7 atom stereocenters. The quantitative estimate of drug-likeness (QED) is 0.414. The van der Waals surface area contributed by atoms with Gasteiger partial charge < -0.3 is 9.84 Å². The van der Waals surface area contributed by atoms with Gasteiger partial charge in [-0.25, -0.2) is 0 Å². The van der Waals surface area contributed by atoms with E-state index in [2.05, 4.69) is 19.9 Å². The van der Waals surface area contributed by atoms with E-state index in [9.17, 15) is 9.90 Å². The van der Waals surface area contributed by atoms with E-state index in [1.165, 1.54) is 44.9 Å². The van der Waals surface area contributed by atoms with Gasteiger partial charge >= 0.3 is 5.97 Å². The molecule has 0 aromatic rings. The second-order valence-electron chi connectivity index (χ2n) is 12.3. The lowest BCUT2D eigenvalue weighted by Crippen LogP contribution is -2.50. The molecular weight excluding hydrogens is 372 g/mol. The number of aliphatic hydroxyl groups is 1. The van der Waals surface area contributed by atoms with Crippen LogP contribution >= 0.6 is 0 Å². The largest absolute Gasteiger partial charge is 0.462 e. The fourth-order valence-corrected chi connectivity index (χ4v) is 8.33. The Balaban J connectivity index is 1.46. The second kappa shape index (κ2) is 7.94. The van der Waals surface area contributed by atoms with Gasteiger partial charge in [-0.05, 0) is 106 Å². The highest BCUT2D eigenvalue weighted by Gasteiger charge is 2.58. The first kappa shape index (κ1) is 22.4. The lowest BCUT2D eigenvalue weighted by molar-refractivity contribution is -0.148. The maximum absolute atomic E-state index is 11.4. The molecule has 0 aromatic carbocycles. The summed E-state index contributed by atoms with van der Waals surface area (Å²) in [5.74, 6) is 3.21. The van der Waals surface area contributed by atoms with Crippen LogP contribution in [0.4, 0.5) is 0 Å². The third-order valence-corrected chi connectivity index (χ3v) is 9.93. The second-order valence-corrected chi connectivity index (χ2v) is 12.3. The Morgan fingerprint density at radius 3 is 2.63 bits per heavy atom. The first-order valence-corrected chi connectivity index (χ1v) is 12.6. The van der Waals surface area contributed by atoms with Gasteiger partial charge in [0.15, 0.2) is 0 Å². The number of carbonyl (C=O) groups excluding carboxylic acids is 1. The van der Waals surface area contributed by atoms with Crippen LogP contribution in [0.1, 0.15) is 105 Å². The van der Waals surface area contributed by atoms with Crippen LogP contribution in [0.25, 0.3) is 0 Å². The van der Waals surface area contributed by atoms with Crippen molar-refractivity contribution in [3.63, 3.8) is 0 Å². The first-order valence-electron chi connectivity index (χ1n) is 12.6. The standard InChI is InChI=1S/C27H44O3/c1-18(28)30-21-12-15-27(5)20(17-21)8-10-22-23-11-9-19(7-6-14-25(2,3)29)26(23,4)16-13-24(22)27/h8,19,21-24,29H,6-7,9-17H2,1-5H3/t19-,21-,22?,23?,24?,26+,27-/m0/s1. The van der Waals surface area contributed by atoms with Crippen LogP contribution < -0.4 is 0 Å². The molecule has 0 spiro atoms. The minimum Gasteiger partial charge on any atom is -0.462 e. The van der Waals surface area contributed by atoms with E-state index in [-0.39, 0.29) is 12.1 Å². The molecule has 0 amide bonds. The van der Waals surface area contributed by atoms with Crippen LogP contribution in [-0.2, 0) is 9.53 Å². The summed E-state index contributed by atoms with van der Waals surface area (Å²) < 4.78 is 5.58. The summed E-state index contributed by atoms with van der Waals surface area (Å²) in [6.45, 7) is 10.6. The molecular formula is C27H44O3. The van der Waals surface area contributed by atoms with Gasteiger partial charge in [-0.1, -0.05) is 31.9 Å². The zero-order valence-corrected chi connectivity index (χ0v) is 20.0. The molecule has 1 N–H and O–H groups in total. The average molecular weight is 417 g/mol. The molecule has 0 bridgehead atoms. The van der Waals surface area contributed by atoms with Crippen LogP contribution in [0.5, 0.6) is 0 Å². The zero-order valence-electron chi connectivity index (χ0n) is 20.0. The van der Waals surface area contributed by atoms with Crippen molar-refractivity contribution >= 4 is 5.97 Å². The Bertz CT molecular complexity index is 689. The highest BCUT2D eigenvalue weighted by molar-refractivity contribution is 5.66. The van der Waals surface area contributed by atoms with Gasteiger partial charge in [0.1, 0.15) is 6.10 Å². The number of rotatable bonds is 5. The summed E-state index contributed by atoms with van der Waals surface area (Å²) in [6, 6.07) is 0. The van der Waals surface area contributed by atoms with E-state index in [1.54, 1.807) is 12.5 Å². The Morgan fingerprint density at radius 1 is 1.17 bits per heavy atom. The average Bonchev–Trinajstić information content (AvgIpc) is 2.97. The van der Waals surface area contributed by atoms with Gasteiger partial charge in [-0.15, -0.1) is 0 Å². The van der Waals surface area contributed by atoms with Crippen molar-refractivity contribution in [1.82, 2.24) is 0 Å². The van der Waals surface area contributed by atoms with E-state index in [0.29, 0.717) is 10.8 Å². The molecule has 3 fully saturated rings. The molecule has 0 saturated heterocycles. The Kier molecular flexibility index (Phi) is 5.92. The SMILES string of the molecule is CC(=O)O[C@H]1CC[C@@]2(C)C(=CCC3C2CC[C@@]2(C)C3CC[C@@H]2CCCC(C)(C)O)C1. The van der Waals surface area contributed by atoms with Crippen molar-refractivity contribution in [3.8, 4) is 0 Å². The molecule has 170 valence electrons. The highest BCUT2D eigenvalue weighted by atomic mass is 16.5. The Morgan fingerprint density at radius 2 is 1.93 bits per heavy atom. The summed E-state index contributed by atoms with van der Waals surface area (Å²) in [7, 11) is 0. The molecule has 4 aliphatic carbocycles. The van der Waals surface area contributed by atoms with Crippen molar-refractivity contribution in [3.05, 3.63) is 11.6 Å². The molecule has 4 aliphatic rings. The van der Waals surface area contributed by atoms with Gasteiger partial charge in [-0.3, -0.25) is 4.79 Å².